The maximum absolute atomic E-state index is 11.2. The SMILES string of the molecule is O=C(O)CCc1ccc(OCc2cccc(Cl)c2)c(-c2cc(-c3ccc(Br)cc3)n(-c3ccc(Cl)cc3)n2)c1. The number of halogens is 3. The molecule has 5 rings (SSSR count). The van der Waals surface area contributed by atoms with Crippen molar-refractivity contribution in [3.05, 3.63) is 123 Å². The maximum atomic E-state index is 11.2. The van der Waals surface area contributed by atoms with Crippen molar-refractivity contribution in [1.82, 2.24) is 9.78 Å². The summed E-state index contributed by atoms with van der Waals surface area (Å²) in [5.41, 5.74) is 6.00. The molecule has 0 radical (unpaired) electrons. The third kappa shape index (κ3) is 6.71. The molecule has 0 atom stereocenters. The predicted molar refractivity (Wildman–Crippen MR) is 159 cm³/mol. The van der Waals surface area contributed by atoms with Crippen LogP contribution in [0.5, 0.6) is 5.75 Å². The monoisotopic (exact) mass is 620 g/mol. The number of carbonyl (C=O) groups is 1. The van der Waals surface area contributed by atoms with E-state index in [4.69, 9.17) is 33.0 Å². The van der Waals surface area contributed by atoms with Gasteiger partial charge in [-0.05, 0) is 84.3 Å². The van der Waals surface area contributed by atoms with E-state index >= 15 is 0 Å². The molecule has 0 saturated heterocycles. The minimum Gasteiger partial charge on any atom is -0.488 e. The summed E-state index contributed by atoms with van der Waals surface area (Å²) >= 11 is 15.8. The molecule has 39 heavy (non-hydrogen) atoms. The van der Waals surface area contributed by atoms with Crippen LogP contribution in [0, 0.1) is 0 Å². The van der Waals surface area contributed by atoms with Crippen molar-refractivity contribution >= 4 is 45.1 Å². The number of benzene rings is 4. The van der Waals surface area contributed by atoms with Crippen LogP contribution in [0.15, 0.2) is 102 Å². The molecule has 0 bridgehead atoms. The first-order valence-electron chi connectivity index (χ1n) is 12.2. The predicted octanol–water partition coefficient (Wildman–Crippen LogP) is 8.87. The van der Waals surface area contributed by atoms with E-state index in [1.165, 1.54) is 0 Å². The summed E-state index contributed by atoms with van der Waals surface area (Å²) < 4.78 is 9.11. The van der Waals surface area contributed by atoms with Crippen LogP contribution in [-0.2, 0) is 17.8 Å². The zero-order valence-electron chi connectivity index (χ0n) is 20.7. The second kappa shape index (κ2) is 12.1. The van der Waals surface area contributed by atoms with Crippen LogP contribution in [0.2, 0.25) is 10.0 Å². The van der Waals surface area contributed by atoms with Gasteiger partial charge in [-0.1, -0.05) is 69.5 Å². The third-order valence-corrected chi connectivity index (χ3v) is 7.17. The number of nitrogens with zero attached hydrogens (tertiary/aromatic N) is 2. The lowest BCUT2D eigenvalue weighted by Crippen LogP contribution is -2.01. The summed E-state index contributed by atoms with van der Waals surface area (Å²) in [4.78, 5) is 11.2. The number of hydrogen-bond acceptors (Lipinski definition) is 3. The van der Waals surface area contributed by atoms with Crippen LogP contribution in [0.1, 0.15) is 17.5 Å². The van der Waals surface area contributed by atoms with Gasteiger partial charge in [0, 0.05) is 32.1 Å². The van der Waals surface area contributed by atoms with Gasteiger partial charge in [-0.2, -0.15) is 5.10 Å². The van der Waals surface area contributed by atoms with Crippen LogP contribution >= 0.6 is 39.1 Å². The van der Waals surface area contributed by atoms with E-state index in [1.807, 2.05) is 102 Å². The Morgan fingerprint density at radius 2 is 1.64 bits per heavy atom. The molecule has 196 valence electrons. The average Bonchev–Trinajstić information content (AvgIpc) is 3.37. The van der Waals surface area contributed by atoms with Gasteiger partial charge >= 0.3 is 5.97 Å². The standard InChI is InChI=1S/C31H23BrCl2N2O3/c32-23-8-6-22(7-9-23)29-18-28(35-36(29)26-12-10-24(33)11-13-26)27-17-20(5-15-31(37)38)4-14-30(27)39-19-21-2-1-3-25(34)16-21/h1-4,6-14,16-18H,5,15,19H2,(H,37,38). The number of carboxylic acid groups (broad SMARTS) is 1. The lowest BCUT2D eigenvalue weighted by Gasteiger charge is -2.12. The van der Waals surface area contributed by atoms with Crippen LogP contribution in [-0.4, -0.2) is 20.9 Å². The number of aryl methyl sites for hydroxylation is 1. The van der Waals surface area contributed by atoms with Gasteiger partial charge in [0.25, 0.3) is 0 Å². The van der Waals surface area contributed by atoms with Crippen LogP contribution in [0.4, 0.5) is 0 Å². The Kier molecular flexibility index (Phi) is 8.36. The fourth-order valence-electron chi connectivity index (χ4n) is 4.22. The molecule has 0 unspecified atom stereocenters. The van der Waals surface area contributed by atoms with Crippen molar-refractivity contribution in [2.24, 2.45) is 0 Å². The molecular formula is C31H23BrCl2N2O3. The number of aliphatic carboxylic acids is 1. The van der Waals surface area contributed by atoms with Gasteiger partial charge in [0.15, 0.2) is 0 Å². The van der Waals surface area contributed by atoms with E-state index in [9.17, 15) is 9.90 Å². The van der Waals surface area contributed by atoms with Crippen molar-refractivity contribution in [3.8, 4) is 34.0 Å². The Hall–Kier alpha value is -3.58. The molecular weight excluding hydrogens is 599 g/mol. The summed E-state index contributed by atoms with van der Waals surface area (Å²) in [5.74, 6) is -0.209. The van der Waals surface area contributed by atoms with E-state index in [0.717, 1.165) is 38.1 Å². The van der Waals surface area contributed by atoms with Crippen molar-refractivity contribution < 1.29 is 14.6 Å². The van der Waals surface area contributed by atoms with Crippen molar-refractivity contribution in [3.63, 3.8) is 0 Å². The van der Waals surface area contributed by atoms with E-state index in [-0.39, 0.29) is 6.42 Å². The fraction of sp³-hybridized carbons (Fsp3) is 0.0968. The normalized spacial score (nSPS) is 10.9. The second-order valence-corrected chi connectivity index (χ2v) is 10.7. The number of ether oxygens (including phenoxy) is 1. The highest BCUT2D eigenvalue weighted by Gasteiger charge is 2.18. The lowest BCUT2D eigenvalue weighted by atomic mass is 10.0. The van der Waals surface area contributed by atoms with Crippen molar-refractivity contribution in [2.45, 2.75) is 19.4 Å². The second-order valence-electron chi connectivity index (χ2n) is 8.95. The Bertz CT molecular complexity index is 1550. The van der Waals surface area contributed by atoms with Crippen molar-refractivity contribution in [1.29, 1.82) is 0 Å². The summed E-state index contributed by atoms with van der Waals surface area (Å²) in [5, 5.41) is 15.5. The number of aromatic nitrogens is 2. The molecule has 0 aliphatic heterocycles. The van der Waals surface area contributed by atoms with Crippen molar-refractivity contribution in [2.75, 3.05) is 0 Å². The first kappa shape index (κ1) is 27.0. The molecule has 0 aliphatic rings. The van der Waals surface area contributed by atoms with Gasteiger partial charge in [-0.15, -0.1) is 0 Å². The van der Waals surface area contributed by atoms with Crippen LogP contribution in [0.25, 0.3) is 28.2 Å². The van der Waals surface area contributed by atoms with E-state index in [2.05, 4.69) is 15.9 Å². The molecule has 1 heterocycles. The molecule has 4 aromatic carbocycles. The number of carboxylic acids is 1. The van der Waals surface area contributed by atoms with Crippen LogP contribution in [0.3, 0.4) is 0 Å². The minimum absolute atomic E-state index is 0.0333. The molecule has 5 nitrogen and oxygen atoms in total. The summed E-state index contributed by atoms with van der Waals surface area (Å²) in [6.07, 6.45) is 0.430. The quantitative estimate of drug-likeness (QED) is 0.178. The molecule has 0 aliphatic carbocycles. The summed E-state index contributed by atoms with van der Waals surface area (Å²) in [6.45, 7) is 0.319. The smallest absolute Gasteiger partial charge is 0.303 e. The van der Waals surface area contributed by atoms with Gasteiger partial charge in [-0.25, -0.2) is 4.68 Å². The topological polar surface area (TPSA) is 64.3 Å². The third-order valence-electron chi connectivity index (χ3n) is 6.15. The maximum Gasteiger partial charge on any atom is 0.303 e. The Morgan fingerprint density at radius 1 is 0.872 bits per heavy atom. The van der Waals surface area contributed by atoms with Gasteiger partial charge in [0.2, 0.25) is 0 Å². The Balaban J connectivity index is 1.60. The first-order valence-corrected chi connectivity index (χ1v) is 13.7. The zero-order valence-corrected chi connectivity index (χ0v) is 23.7. The molecule has 0 saturated carbocycles. The number of rotatable bonds is 9. The van der Waals surface area contributed by atoms with Gasteiger partial charge in [0.05, 0.1) is 17.1 Å². The first-order chi connectivity index (χ1) is 18.9. The van der Waals surface area contributed by atoms with Gasteiger partial charge in [0.1, 0.15) is 12.4 Å². The summed E-state index contributed by atoms with van der Waals surface area (Å²) in [6, 6.07) is 30.8. The van der Waals surface area contributed by atoms with Gasteiger partial charge < -0.3 is 9.84 Å². The van der Waals surface area contributed by atoms with E-state index in [1.54, 1.807) is 0 Å². The average molecular weight is 622 g/mol. The fourth-order valence-corrected chi connectivity index (χ4v) is 4.82. The van der Waals surface area contributed by atoms with E-state index < -0.39 is 5.97 Å². The highest BCUT2D eigenvalue weighted by atomic mass is 79.9. The molecule has 1 N–H and O–H groups in total. The molecule has 0 spiro atoms. The van der Waals surface area contributed by atoms with E-state index in [0.29, 0.717) is 34.5 Å². The Labute approximate surface area is 244 Å². The molecule has 0 amide bonds. The molecule has 0 fully saturated rings. The Morgan fingerprint density at radius 3 is 2.36 bits per heavy atom. The number of hydrogen-bond donors (Lipinski definition) is 1. The van der Waals surface area contributed by atoms with Gasteiger partial charge in [-0.3, -0.25) is 4.79 Å². The largest absolute Gasteiger partial charge is 0.488 e. The minimum atomic E-state index is -0.845. The van der Waals surface area contributed by atoms with Crippen LogP contribution < -0.4 is 4.74 Å². The highest BCUT2D eigenvalue weighted by molar-refractivity contribution is 9.10. The molecule has 5 aromatic rings. The zero-order chi connectivity index (χ0) is 27.4. The summed E-state index contributed by atoms with van der Waals surface area (Å²) in [7, 11) is 0. The lowest BCUT2D eigenvalue weighted by molar-refractivity contribution is -0.136. The molecule has 8 heteroatoms. The molecule has 1 aromatic heterocycles. The highest BCUT2D eigenvalue weighted by Crippen LogP contribution is 2.36.